The maximum atomic E-state index is 13.7. The molecule has 114 valence electrons. The van der Waals surface area contributed by atoms with Gasteiger partial charge in [0.25, 0.3) is 5.69 Å². The molecule has 0 aromatic heterocycles. The van der Waals surface area contributed by atoms with Crippen LogP contribution < -0.4 is 0 Å². The number of alkyl halides is 3. The monoisotopic (exact) mass is 313 g/mol. The van der Waals surface area contributed by atoms with Gasteiger partial charge in [0.2, 0.25) is 0 Å². The van der Waals surface area contributed by atoms with E-state index in [9.17, 15) is 32.5 Å². The first-order valence-electron chi connectivity index (χ1n) is 5.85. The van der Waals surface area contributed by atoms with E-state index in [0.29, 0.717) is 18.2 Å². The van der Waals surface area contributed by atoms with Crippen LogP contribution in [-0.4, -0.2) is 11.2 Å². The molecule has 0 amide bonds. The van der Waals surface area contributed by atoms with Gasteiger partial charge in [-0.2, -0.15) is 13.2 Å². The summed E-state index contributed by atoms with van der Waals surface area (Å²) in [6.45, 7) is 0. The fraction of sp³-hybridized carbons (Fsp3) is 0.0714. The average Bonchev–Trinajstić information content (AvgIpc) is 2.45. The average molecular weight is 313 g/mol. The molecule has 4 nitrogen and oxygen atoms in total. The van der Waals surface area contributed by atoms with Crippen molar-refractivity contribution in [2.45, 2.75) is 6.18 Å². The maximum Gasteiger partial charge on any atom is 0.416 e. The Hall–Kier alpha value is -2.77. The van der Waals surface area contributed by atoms with E-state index < -0.39 is 33.7 Å². The molecule has 0 spiro atoms. The summed E-state index contributed by atoms with van der Waals surface area (Å²) >= 11 is 0. The van der Waals surface area contributed by atoms with Gasteiger partial charge in [0.05, 0.1) is 16.1 Å². The second kappa shape index (κ2) is 5.55. The zero-order valence-electron chi connectivity index (χ0n) is 10.7. The standard InChI is InChI=1S/C14H7F4NO3/c15-12-3-2-10(14(16,17)18)6-11(12)8-1-4-13(19(21)22)9(5-8)7-20/h1-7H. The van der Waals surface area contributed by atoms with Gasteiger partial charge in [-0.1, -0.05) is 0 Å². The van der Waals surface area contributed by atoms with E-state index in [1.165, 1.54) is 0 Å². The third-order valence-electron chi connectivity index (χ3n) is 2.96. The molecule has 0 unspecified atom stereocenters. The molecule has 2 aromatic rings. The van der Waals surface area contributed by atoms with Crippen LogP contribution in [0, 0.1) is 15.9 Å². The fourth-order valence-corrected chi connectivity index (χ4v) is 1.91. The minimum absolute atomic E-state index is 0.0590. The van der Waals surface area contributed by atoms with E-state index in [4.69, 9.17) is 0 Å². The van der Waals surface area contributed by atoms with Crippen LogP contribution in [0.25, 0.3) is 11.1 Å². The first-order chi connectivity index (χ1) is 10.2. The molecule has 8 heteroatoms. The lowest BCUT2D eigenvalue weighted by atomic mass is 9.99. The molecular weight excluding hydrogens is 306 g/mol. The van der Waals surface area contributed by atoms with Crippen LogP contribution in [0.1, 0.15) is 15.9 Å². The molecule has 0 N–H and O–H groups in total. The maximum absolute atomic E-state index is 13.7. The van der Waals surface area contributed by atoms with Crippen molar-refractivity contribution < 1.29 is 27.3 Å². The van der Waals surface area contributed by atoms with Crippen LogP contribution in [0.3, 0.4) is 0 Å². The van der Waals surface area contributed by atoms with Crippen LogP contribution in [0.15, 0.2) is 36.4 Å². The number of carbonyl (C=O) groups is 1. The molecule has 22 heavy (non-hydrogen) atoms. The zero-order valence-corrected chi connectivity index (χ0v) is 10.7. The topological polar surface area (TPSA) is 60.2 Å². The van der Waals surface area contributed by atoms with Gasteiger partial charge in [-0.15, -0.1) is 0 Å². The normalized spacial score (nSPS) is 11.3. The van der Waals surface area contributed by atoms with Crippen molar-refractivity contribution in [3.05, 3.63) is 63.5 Å². The van der Waals surface area contributed by atoms with Crippen LogP contribution in [0.5, 0.6) is 0 Å². The molecule has 0 heterocycles. The lowest BCUT2D eigenvalue weighted by Gasteiger charge is -2.10. The van der Waals surface area contributed by atoms with Crippen LogP contribution in [-0.2, 0) is 6.18 Å². The summed E-state index contributed by atoms with van der Waals surface area (Å²) in [7, 11) is 0. The Morgan fingerprint density at radius 2 is 1.77 bits per heavy atom. The van der Waals surface area contributed by atoms with Crippen molar-refractivity contribution in [2.75, 3.05) is 0 Å². The van der Waals surface area contributed by atoms with Gasteiger partial charge in [0, 0.05) is 11.6 Å². The lowest BCUT2D eigenvalue weighted by molar-refractivity contribution is -0.385. The Kier molecular flexibility index (Phi) is 3.94. The second-order valence-electron chi connectivity index (χ2n) is 4.34. The molecule has 0 aliphatic carbocycles. The number of hydrogen-bond acceptors (Lipinski definition) is 3. The molecule has 0 aliphatic rings. The Morgan fingerprint density at radius 1 is 1.09 bits per heavy atom. The van der Waals surface area contributed by atoms with E-state index in [2.05, 4.69) is 0 Å². The molecule has 0 atom stereocenters. The summed E-state index contributed by atoms with van der Waals surface area (Å²) in [5, 5.41) is 10.7. The van der Waals surface area contributed by atoms with E-state index >= 15 is 0 Å². The van der Waals surface area contributed by atoms with E-state index in [1.807, 2.05) is 0 Å². The molecule has 0 aliphatic heterocycles. The van der Waals surface area contributed by atoms with Gasteiger partial charge in [-0.25, -0.2) is 4.39 Å². The Bertz CT molecular complexity index is 756. The van der Waals surface area contributed by atoms with Gasteiger partial charge >= 0.3 is 6.18 Å². The van der Waals surface area contributed by atoms with Gasteiger partial charge < -0.3 is 0 Å². The molecule has 2 aromatic carbocycles. The Labute approximate surface area is 121 Å². The molecule has 0 bridgehead atoms. The summed E-state index contributed by atoms with van der Waals surface area (Å²) in [5.41, 5.74) is -2.37. The first-order valence-corrected chi connectivity index (χ1v) is 5.85. The van der Waals surface area contributed by atoms with Gasteiger partial charge in [-0.3, -0.25) is 14.9 Å². The highest BCUT2D eigenvalue weighted by molar-refractivity contribution is 5.84. The number of carbonyl (C=O) groups excluding carboxylic acids is 1. The highest BCUT2D eigenvalue weighted by atomic mass is 19.4. The van der Waals surface area contributed by atoms with Gasteiger partial charge in [-0.05, 0) is 35.9 Å². The van der Waals surface area contributed by atoms with Gasteiger partial charge in [0.15, 0.2) is 6.29 Å². The third kappa shape index (κ3) is 2.95. The zero-order chi connectivity index (χ0) is 16.5. The van der Waals surface area contributed by atoms with Crippen LogP contribution >= 0.6 is 0 Å². The van der Waals surface area contributed by atoms with Crippen molar-refractivity contribution in [1.29, 1.82) is 0 Å². The van der Waals surface area contributed by atoms with Crippen molar-refractivity contribution in [3.63, 3.8) is 0 Å². The molecule has 0 saturated heterocycles. The predicted molar refractivity (Wildman–Crippen MR) is 68.9 cm³/mol. The summed E-state index contributed by atoms with van der Waals surface area (Å²) < 4.78 is 51.7. The van der Waals surface area contributed by atoms with Crippen molar-refractivity contribution in [2.24, 2.45) is 0 Å². The SMILES string of the molecule is O=Cc1cc(-c2cc(C(F)(F)F)ccc2F)ccc1[N+](=O)[O-]. The molecule has 0 fully saturated rings. The number of nitro benzene ring substituents is 1. The predicted octanol–water partition coefficient (Wildman–Crippen LogP) is 4.23. The van der Waals surface area contributed by atoms with Crippen LogP contribution in [0.2, 0.25) is 0 Å². The van der Waals surface area contributed by atoms with Gasteiger partial charge in [0.1, 0.15) is 5.82 Å². The number of benzene rings is 2. The van der Waals surface area contributed by atoms with Crippen molar-refractivity contribution >= 4 is 12.0 Å². The summed E-state index contributed by atoms with van der Waals surface area (Å²) in [4.78, 5) is 20.7. The summed E-state index contributed by atoms with van der Waals surface area (Å²) in [6, 6.07) is 4.84. The summed E-state index contributed by atoms with van der Waals surface area (Å²) in [6.07, 6.45) is -4.47. The highest BCUT2D eigenvalue weighted by Crippen LogP contribution is 2.34. The Morgan fingerprint density at radius 3 is 2.32 bits per heavy atom. The highest BCUT2D eigenvalue weighted by Gasteiger charge is 2.31. The Balaban J connectivity index is 2.61. The molecule has 0 radical (unpaired) electrons. The number of nitrogens with zero attached hydrogens (tertiary/aromatic N) is 1. The lowest BCUT2D eigenvalue weighted by Crippen LogP contribution is -2.05. The third-order valence-corrected chi connectivity index (χ3v) is 2.96. The van der Waals surface area contributed by atoms with Crippen molar-refractivity contribution in [1.82, 2.24) is 0 Å². The minimum atomic E-state index is -4.66. The van der Waals surface area contributed by atoms with Crippen molar-refractivity contribution in [3.8, 4) is 11.1 Å². The summed E-state index contributed by atoms with van der Waals surface area (Å²) in [5.74, 6) is -0.932. The van der Waals surface area contributed by atoms with E-state index in [0.717, 1.165) is 18.2 Å². The fourth-order valence-electron chi connectivity index (χ4n) is 1.91. The largest absolute Gasteiger partial charge is 0.416 e. The van der Waals surface area contributed by atoms with Crippen LogP contribution in [0.4, 0.5) is 23.2 Å². The van der Waals surface area contributed by atoms with E-state index in [1.54, 1.807) is 0 Å². The number of hydrogen-bond donors (Lipinski definition) is 0. The first kappa shape index (κ1) is 15.6. The minimum Gasteiger partial charge on any atom is -0.298 e. The second-order valence-corrected chi connectivity index (χ2v) is 4.34. The number of rotatable bonds is 3. The van der Waals surface area contributed by atoms with E-state index in [-0.39, 0.29) is 17.4 Å². The molecule has 2 rings (SSSR count). The number of halogens is 4. The number of aldehydes is 1. The smallest absolute Gasteiger partial charge is 0.298 e. The number of nitro groups is 1. The molecular formula is C14H7F4NO3. The molecule has 0 saturated carbocycles. The quantitative estimate of drug-likeness (QED) is 0.369.